The molecule has 1 aromatic carbocycles. The molecule has 2 aromatic heterocycles. The Morgan fingerprint density at radius 2 is 2.00 bits per heavy atom. The molecule has 0 atom stereocenters. The summed E-state index contributed by atoms with van der Waals surface area (Å²) in [6.07, 6.45) is 5.18. The van der Waals surface area contributed by atoms with Crippen LogP contribution in [0, 0.1) is 0 Å². The number of halogens is 1. The van der Waals surface area contributed by atoms with Gasteiger partial charge in [-0.1, -0.05) is 23.7 Å². The molecule has 120 valence electrons. The van der Waals surface area contributed by atoms with Crippen LogP contribution in [0.15, 0.2) is 54.2 Å². The number of rotatable bonds is 4. The number of hydrogen-bond acceptors (Lipinski definition) is 4. The number of amides is 1. The van der Waals surface area contributed by atoms with Crippen molar-refractivity contribution in [1.82, 2.24) is 9.97 Å². The highest BCUT2D eigenvalue weighted by molar-refractivity contribution is 7.14. The summed E-state index contributed by atoms with van der Waals surface area (Å²) in [7, 11) is 0. The molecule has 24 heavy (non-hydrogen) atoms. The molecule has 4 nitrogen and oxygen atoms in total. The number of hydrogen-bond donors (Lipinski definition) is 1. The predicted octanol–water partition coefficient (Wildman–Crippen LogP) is 4.53. The average Bonchev–Trinajstić information content (AvgIpc) is 3.30. The maximum atomic E-state index is 12.7. The van der Waals surface area contributed by atoms with Crippen LogP contribution in [-0.2, 0) is 10.2 Å². The minimum absolute atomic E-state index is 0.00286. The smallest absolute Gasteiger partial charge is 0.236 e. The minimum atomic E-state index is -0.440. The highest BCUT2D eigenvalue weighted by Gasteiger charge is 2.51. The van der Waals surface area contributed by atoms with Crippen molar-refractivity contribution in [3.63, 3.8) is 0 Å². The van der Waals surface area contributed by atoms with Crippen LogP contribution < -0.4 is 5.32 Å². The van der Waals surface area contributed by atoms with Gasteiger partial charge in [-0.25, -0.2) is 4.98 Å². The lowest BCUT2D eigenvalue weighted by atomic mass is 9.95. The second kappa shape index (κ2) is 6.00. The first-order chi connectivity index (χ1) is 11.7. The molecule has 0 aliphatic heterocycles. The second-order valence-corrected chi connectivity index (χ2v) is 7.12. The fourth-order valence-electron chi connectivity index (χ4n) is 2.74. The number of carbonyl (C=O) groups excluding carboxylic acids is 1. The van der Waals surface area contributed by atoms with Crippen molar-refractivity contribution in [2.75, 3.05) is 5.32 Å². The number of thiazole rings is 1. The Balaban J connectivity index is 1.53. The number of nitrogens with one attached hydrogen (secondary N) is 1. The largest absolute Gasteiger partial charge is 0.301 e. The molecule has 0 radical (unpaired) electrons. The summed E-state index contributed by atoms with van der Waals surface area (Å²) in [5, 5.41) is 6.18. The van der Waals surface area contributed by atoms with Crippen molar-refractivity contribution in [1.29, 1.82) is 0 Å². The number of pyridine rings is 1. The van der Waals surface area contributed by atoms with Crippen LogP contribution in [0.4, 0.5) is 5.13 Å². The quantitative estimate of drug-likeness (QED) is 0.748. The molecule has 0 unspecified atom stereocenters. The Hall–Kier alpha value is -2.24. The summed E-state index contributed by atoms with van der Waals surface area (Å²) in [5.74, 6) is -0.00286. The molecule has 2 heterocycles. The fraction of sp³-hybridized carbons (Fsp3) is 0.167. The van der Waals surface area contributed by atoms with Crippen molar-refractivity contribution in [3.8, 4) is 11.3 Å². The van der Waals surface area contributed by atoms with Crippen molar-refractivity contribution in [3.05, 3.63) is 64.8 Å². The average molecular weight is 356 g/mol. The van der Waals surface area contributed by atoms with Gasteiger partial charge in [0.05, 0.1) is 11.1 Å². The lowest BCUT2D eigenvalue weighted by Crippen LogP contribution is -2.27. The molecule has 4 rings (SSSR count). The number of anilines is 1. The van der Waals surface area contributed by atoms with E-state index in [9.17, 15) is 4.79 Å². The van der Waals surface area contributed by atoms with E-state index in [4.69, 9.17) is 11.6 Å². The molecular weight excluding hydrogens is 342 g/mol. The first-order valence-electron chi connectivity index (χ1n) is 7.61. The van der Waals surface area contributed by atoms with Crippen molar-refractivity contribution in [2.24, 2.45) is 0 Å². The van der Waals surface area contributed by atoms with E-state index < -0.39 is 5.41 Å². The van der Waals surface area contributed by atoms with Crippen LogP contribution in [0.5, 0.6) is 0 Å². The van der Waals surface area contributed by atoms with E-state index >= 15 is 0 Å². The van der Waals surface area contributed by atoms with Gasteiger partial charge in [-0.15, -0.1) is 11.3 Å². The molecule has 1 aliphatic rings. The maximum absolute atomic E-state index is 12.7. The van der Waals surface area contributed by atoms with Gasteiger partial charge in [-0.3, -0.25) is 9.78 Å². The normalized spacial score (nSPS) is 15.0. The van der Waals surface area contributed by atoms with E-state index in [1.165, 1.54) is 11.3 Å². The van der Waals surface area contributed by atoms with Gasteiger partial charge in [-0.2, -0.15) is 0 Å². The van der Waals surface area contributed by atoms with Gasteiger partial charge in [0.25, 0.3) is 0 Å². The van der Waals surface area contributed by atoms with Crippen molar-refractivity contribution in [2.45, 2.75) is 18.3 Å². The third kappa shape index (κ3) is 2.81. The van der Waals surface area contributed by atoms with Crippen molar-refractivity contribution < 1.29 is 4.79 Å². The Morgan fingerprint density at radius 3 is 2.67 bits per heavy atom. The molecule has 1 aliphatic carbocycles. The Bertz CT molecular complexity index is 873. The molecule has 0 saturated heterocycles. The summed E-state index contributed by atoms with van der Waals surface area (Å²) in [6.45, 7) is 0. The third-order valence-electron chi connectivity index (χ3n) is 4.26. The molecule has 0 spiro atoms. The van der Waals surface area contributed by atoms with Crippen molar-refractivity contribution >= 4 is 34.0 Å². The van der Waals surface area contributed by atoms with E-state index in [-0.39, 0.29) is 5.91 Å². The number of carbonyl (C=O) groups is 1. The Labute approximate surface area is 148 Å². The molecular formula is C18H14ClN3OS. The molecule has 1 N–H and O–H groups in total. The Morgan fingerprint density at radius 1 is 1.21 bits per heavy atom. The van der Waals surface area contributed by atoms with Crippen LogP contribution in [0.25, 0.3) is 11.3 Å². The van der Waals surface area contributed by atoms with Crippen LogP contribution in [0.1, 0.15) is 18.4 Å². The van der Waals surface area contributed by atoms with E-state index in [1.54, 1.807) is 12.4 Å². The lowest BCUT2D eigenvalue weighted by molar-refractivity contribution is -0.118. The summed E-state index contributed by atoms with van der Waals surface area (Å²) in [6, 6.07) is 11.3. The number of aromatic nitrogens is 2. The molecule has 0 bridgehead atoms. The molecule has 3 aromatic rings. The molecule has 1 fully saturated rings. The first kappa shape index (κ1) is 15.3. The monoisotopic (exact) mass is 355 g/mol. The van der Waals surface area contributed by atoms with Crippen LogP contribution >= 0.6 is 22.9 Å². The minimum Gasteiger partial charge on any atom is -0.301 e. The number of benzene rings is 1. The summed E-state index contributed by atoms with van der Waals surface area (Å²) in [5.41, 5.74) is 2.33. The van der Waals surface area contributed by atoms with Gasteiger partial charge in [0.1, 0.15) is 0 Å². The third-order valence-corrected chi connectivity index (χ3v) is 5.27. The summed E-state index contributed by atoms with van der Waals surface area (Å²) < 4.78 is 0. The SMILES string of the molecule is O=C(Nc1nc(-c2cccnc2)cs1)C1(c2ccc(Cl)cc2)CC1. The Kier molecular flexibility index (Phi) is 3.82. The summed E-state index contributed by atoms with van der Waals surface area (Å²) in [4.78, 5) is 21.3. The van der Waals surface area contributed by atoms with Crippen LogP contribution in [0.2, 0.25) is 5.02 Å². The van der Waals surface area contributed by atoms with Gasteiger partial charge in [0, 0.05) is 28.4 Å². The molecule has 1 saturated carbocycles. The lowest BCUT2D eigenvalue weighted by Gasteiger charge is -2.14. The van der Waals surface area contributed by atoms with Gasteiger partial charge in [0.2, 0.25) is 5.91 Å². The van der Waals surface area contributed by atoms with Gasteiger partial charge in [-0.05, 0) is 42.7 Å². The standard InChI is InChI=1S/C18H14ClN3OS/c19-14-5-3-13(4-6-14)18(7-8-18)16(23)22-17-21-15(11-24-17)12-2-1-9-20-10-12/h1-6,9-11H,7-8H2,(H,21,22,23). The van der Waals surface area contributed by atoms with E-state index in [1.807, 2.05) is 41.8 Å². The molecule has 1 amide bonds. The van der Waals surface area contributed by atoms with Crippen LogP contribution in [-0.4, -0.2) is 15.9 Å². The fourth-order valence-corrected chi connectivity index (χ4v) is 3.58. The first-order valence-corrected chi connectivity index (χ1v) is 8.87. The van der Waals surface area contributed by atoms with Gasteiger partial charge >= 0.3 is 0 Å². The topological polar surface area (TPSA) is 54.9 Å². The van der Waals surface area contributed by atoms with E-state index in [0.717, 1.165) is 29.7 Å². The summed E-state index contributed by atoms with van der Waals surface area (Å²) >= 11 is 7.36. The van der Waals surface area contributed by atoms with E-state index in [2.05, 4.69) is 15.3 Å². The van der Waals surface area contributed by atoms with E-state index in [0.29, 0.717) is 10.2 Å². The molecule has 6 heteroatoms. The predicted molar refractivity (Wildman–Crippen MR) is 96.3 cm³/mol. The zero-order valence-electron chi connectivity index (χ0n) is 12.7. The second-order valence-electron chi connectivity index (χ2n) is 5.82. The maximum Gasteiger partial charge on any atom is 0.236 e. The number of nitrogens with zero attached hydrogens (tertiary/aromatic N) is 2. The zero-order chi connectivity index (χ0) is 16.6. The van der Waals surface area contributed by atoms with Crippen LogP contribution in [0.3, 0.4) is 0 Å². The highest BCUT2D eigenvalue weighted by Crippen LogP contribution is 2.49. The zero-order valence-corrected chi connectivity index (χ0v) is 14.3. The van der Waals surface area contributed by atoms with Gasteiger partial charge < -0.3 is 5.32 Å². The highest BCUT2D eigenvalue weighted by atomic mass is 35.5. The van der Waals surface area contributed by atoms with Gasteiger partial charge in [0.15, 0.2) is 5.13 Å².